The smallest absolute Gasteiger partial charge is 0.118 e. The Morgan fingerprint density at radius 3 is 2.63 bits per heavy atom. The number of pyridine rings is 1. The van der Waals surface area contributed by atoms with E-state index >= 15 is 0 Å². The van der Waals surface area contributed by atoms with E-state index in [1.54, 1.807) is 13.3 Å². The third-order valence-electron chi connectivity index (χ3n) is 2.84. The Kier molecular flexibility index (Phi) is 5.36. The van der Waals surface area contributed by atoms with Crippen molar-refractivity contribution in [2.24, 2.45) is 0 Å². The Morgan fingerprint density at radius 2 is 1.95 bits per heavy atom. The van der Waals surface area contributed by atoms with Gasteiger partial charge in [-0.3, -0.25) is 4.98 Å². The topological polar surface area (TPSA) is 34.1 Å². The average Bonchev–Trinajstić information content (AvgIpc) is 2.44. The van der Waals surface area contributed by atoms with Crippen molar-refractivity contribution in [3.05, 3.63) is 58.3 Å². The van der Waals surface area contributed by atoms with E-state index in [1.165, 1.54) is 11.1 Å². The lowest BCUT2D eigenvalue weighted by Crippen LogP contribution is -2.16. The second kappa shape index (κ2) is 7.26. The summed E-state index contributed by atoms with van der Waals surface area (Å²) in [5, 5.41) is 3.41. The number of hydrogen-bond acceptors (Lipinski definition) is 3. The number of aromatic nitrogens is 1. The number of nitrogens with one attached hydrogen (secondary N) is 1. The van der Waals surface area contributed by atoms with Gasteiger partial charge < -0.3 is 10.1 Å². The molecule has 0 bridgehead atoms. The largest absolute Gasteiger partial charge is 0.497 e. The predicted molar refractivity (Wildman–Crippen MR) is 80.3 cm³/mol. The molecule has 1 N–H and O–H groups in total. The van der Waals surface area contributed by atoms with Crippen LogP contribution in [0.4, 0.5) is 0 Å². The first-order valence-corrected chi connectivity index (χ1v) is 7.00. The van der Waals surface area contributed by atoms with Gasteiger partial charge in [0.05, 0.1) is 7.11 Å². The summed E-state index contributed by atoms with van der Waals surface area (Å²) in [5.74, 6) is 0.900. The van der Waals surface area contributed by atoms with Gasteiger partial charge in [0.15, 0.2) is 0 Å². The summed E-state index contributed by atoms with van der Waals surface area (Å²) in [6, 6.07) is 10.3. The molecule has 0 saturated carbocycles. The molecule has 2 rings (SSSR count). The van der Waals surface area contributed by atoms with E-state index < -0.39 is 0 Å². The molecular weight excluding hydrogens is 304 g/mol. The van der Waals surface area contributed by atoms with Crippen LogP contribution in [0.25, 0.3) is 0 Å². The zero-order chi connectivity index (χ0) is 13.5. The van der Waals surface area contributed by atoms with Crippen LogP contribution in [0.15, 0.2) is 47.2 Å². The number of hydrogen-bond donors (Lipinski definition) is 1. The van der Waals surface area contributed by atoms with Crippen LogP contribution in [0, 0.1) is 0 Å². The Balaban J connectivity index is 1.74. The lowest BCUT2D eigenvalue weighted by atomic mass is 10.1. The van der Waals surface area contributed by atoms with Crippen LogP contribution in [0.5, 0.6) is 5.75 Å². The van der Waals surface area contributed by atoms with Crippen molar-refractivity contribution in [1.82, 2.24) is 10.3 Å². The van der Waals surface area contributed by atoms with Gasteiger partial charge in [-0.2, -0.15) is 0 Å². The van der Waals surface area contributed by atoms with Crippen LogP contribution >= 0.6 is 15.9 Å². The van der Waals surface area contributed by atoms with E-state index in [4.69, 9.17) is 4.74 Å². The molecule has 0 saturated heterocycles. The van der Waals surface area contributed by atoms with Crippen LogP contribution in [0.2, 0.25) is 0 Å². The maximum absolute atomic E-state index is 5.14. The van der Waals surface area contributed by atoms with Crippen molar-refractivity contribution in [3.63, 3.8) is 0 Å². The number of rotatable bonds is 6. The van der Waals surface area contributed by atoms with E-state index in [1.807, 2.05) is 18.3 Å². The molecule has 0 aliphatic rings. The highest BCUT2D eigenvalue weighted by atomic mass is 79.9. The van der Waals surface area contributed by atoms with Gasteiger partial charge in [0.1, 0.15) is 5.75 Å². The number of methoxy groups -OCH3 is 1. The van der Waals surface area contributed by atoms with Gasteiger partial charge in [-0.05, 0) is 58.2 Å². The van der Waals surface area contributed by atoms with Crippen molar-refractivity contribution < 1.29 is 4.74 Å². The Bertz CT molecular complexity index is 514. The van der Waals surface area contributed by atoms with E-state index in [2.05, 4.69) is 44.4 Å². The van der Waals surface area contributed by atoms with Crippen molar-refractivity contribution in [3.8, 4) is 5.75 Å². The molecule has 1 aromatic heterocycles. The number of benzene rings is 1. The van der Waals surface area contributed by atoms with Crippen molar-refractivity contribution >= 4 is 15.9 Å². The summed E-state index contributed by atoms with van der Waals surface area (Å²) in [4.78, 5) is 4.14. The number of nitrogens with zero attached hydrogens (tertiary/aromatic N) is 1. The molecule has 0 fully saturated rings. The molecule has 0 radical (unpaired) electrons. The summed E-state index contributed by atoms with van der Waals surface area (Å²) < 4.78 is 6.15. The molecule has 3 nitrogen and oxygen atoms in total. The Hall–Kier alpha value is -1.39. The molecule has 1 aromatic carbocycles. The summed E-state index contributed by atoms with van der Waals surface area (Å²) in [7, 11) is 1.68. The van der Waals surface area contributed by atoms with Gasteiger partial charge in [0.25, 0.3) is 0 Å². The molecule has 19 heavy (non-hydrogen) atoms. The van der Waals surface area contributed by atoms with E-state index in [9.17, 15) is 0 Å². The van der Waals surface area contributed by atoms with Gasteiger partial charge in [0.2, 0.25) is 0 Å². The van der Waals surface area contributed by atoms with Crippen molar-refractivity contribution in [2.75, 3.05) is 13.7 Å². The zero-order valence-corrected chi connectivity index (χ0v) is 12.5. The first kappa shape index (κ1) is 14.0. The summed E-state index contributed by atoms with van der Waals surface area (Å²) in [6.07, 6.45) is 4.68. The van der Waals surface area contributed by atoms with Crippen LogP contribution < -0.4 is 10.1 Å². The normalized spacial score (nSPS) is 10.4. The van der Waals surface area contributed by atoms with Gasteiger partial charge in [-0.15, -0.1) is 0 Å². The molecule has 0 amide bonds. The minimum atomic E-state index is 0.836. The van der Waals surface area contributed by atoms with Crippen LogP contribution in [-0.2, 0) is 13.0 Å². The first-order valence-electron chi connectivity index (χ1n) is 6.21. The molecule has 0 unspecified atom stereocenters. The lowest BCUT2D eigenvalue weighted by molar-refractivity contribution is 0.414. The second-order valence-corrected chi connectivity index (χ2v) is 5.20. The minimum Gasteiger partial charge on any atom is -0.497 e. The third-order valence-corrected chi connectivity index (χ3v) is 3.27. The summed E-state index contributed by atoms with van der Waals surface area (Å²) in [6.45, 7) is 1.78. The molecule has 4 heteroatoms. The predicted octanol–water partition coefficient (Wildman–Crippen LogP) is 3.19. The monoisotopic (exact) mass is 320 g/mol. The SMILES string of the molecule is COc1ccc(CCNCc2cncc(Br)c2)cc1. The molecule has 100 valence electrons. The molecule has 0 atom stereocenters. The molecule has 2 aromatic rings. The second-order valence-electron chi connectivity index (χ2n) is 4.29. The van der Waals surface area contributed by atoms with Crippen molar-refractivity contribution in [1.29, 1.82) is 0 Å². The highest BCUT2D eigenvalue weighted by Gasteiger charge is 1.97. The lowest BCUT2D eigenvalue weighted by Gasteiger charge is -2.06. The fourth-order valence-corrected chi connectivity index (χ4v) is 2.22. The Morgan fingerprint density at radius 1 is 1.16 bits per heavy atom. The zero-order valence-electron chi connectivity index (χ0n) is 10.9. The quantitative estimate of drug-likeness (QED) is 0.830. The summed E-state index contributed by atoms with van der Waals surface area (Å²) in [5.41, 5.74) is 2.49. The van der Waals surface area contributed by atoms with Crippen LogP contribution in [0.3, 0.4) is 0 Å². The fraction of sp³-hybridized carbons (Fsp3) is 0.267. The van der Waals surface area contributed by atoms with Crippen LogP contribution in [-0.4, -0.2) is 18.6 Å². The summed E-state index contributed by atoms with van der Waals surface area (Å²) >= 11 is 3.42. The van der Waals surface area contributed by atoms with E-state index in [-0.39, 0.29) is 0 Å². The number of ether oxygens (including phenoxy) is 1. The first-order chi connectivity index (χ1) is 9.28. The van der Waals surface area contributed by atoms with E-state index in [0.29, 0.717) is 0 Å². The highest BCUT2D eigenvalue weighted by Crippen LogP contribution is 2.11. The van der Waals surface area contributed by atoms with Gasteiger partial charge in [-0.1, -0.05) is 12.1 Å². The standard InChI is InChI=1S/C15H17BrN2O/c1-19-15-4-2-12(3-5-15)6-7-17-9-13-8-14(16)11-18-10-13/h2-5,8,10-11,17H,6-7,9H2,1H3. The third kappa shape index (κ3) is 4.65. The van der Waals surface area contributed by atoms with Gasteiger partial charge in [0, 0.05) is 23.4 Å². The van der Waals surface area contributed by atoms with E-state index in [0.717, 1.165) is 29.7 Å². The highest BCUT2D eigenvalue weighted by molar-refractivity contribution is 9.10. The fourth-order valence-electron chi connectivity index (χ4n) is 1.81. The van der Waals surface area contributed by atoms with Gasteiger partial charge in [-0.25, -0.2) is 0 Å². The van der Waals surface area contributed by atoms with Crippen molar-refractivity contribution in [2.45, 2.75) is 13.0 Å². The van der Waals surface area contributed by atoms with Crippen LogP contribution in [0.1, 0.15) is 11.1 Å². The molecule has 0 aliphatic carbocycles. The molecule has 1 heterocycles. The molecular formula is C15H17BrN2O. The maximum Gasteiger partial charge on any atom is 0.118 e. The van der Waals surface area contributed by atoms with Gasteiger partial charge >= 0.3 is 0 Å². The molecule has 0 aliphatic heterocycles. The molecule has 0 spiro atoms. The average molecular weight is 321 g/mol. The Labute approximate surface area is 122 Å². The minimum absolute atomic E-state index is 0.836. The maximum atomic E-state index is 5.14. The number of halogens is 1.